The summed E-state index contributed by atoms with van der Waals surface area (Å²) in [6.45, 7) is 4.67. The second-order valence-corrected chi connectivity index (χ2v) is 7.66. The third-order valence-electron chi connectivity index (χ3n) is 5.68. The summed E-state index contributed by atoms with van der Waals surface area (Å²) in [6, 6.07) is 10.0. The molecular weight excluding hydrogens is 352 g/mol. The number of nitrogens with zero attached hydrogens (tertiary/aromatic N) is 4. The van der Waals surface area contributed by atoms with E-state index in [1.807, 2.05) is 49.2 Å². The van der Waals surface area contributed by atoms with E-state index >= 15 is 0 Å². The molecule has 1 amide bonds. The number of rotatable bonds is 6. The lowest BCUT2D eigenvalue weighted by atomic mass is 10.1. The zero-order valence-corrected chi connectivity index (χ0v) is 16.8. The van der Waals surface area contributed by atoms with Crippen LogP contribution in [0, 0.1) is 12.8 Å². The van der Waals surface area contributed by atoms with E-state index in [4.69, 9.17) is 4.74 Å². The third-order valence-corrected chi connectivity index (χ3v) is 5.68. The average molecular weight is 378 g/mol. The minimum absolute atomic E-state index is 0.0212. The van der Waals surface area contributed by atoms with Crippen LogP contribution in [0.3, 0.4) is 0 Å². The molecule has 0 saturated heterocycles. The highest BCUT2D eigenvalue weighted by Crippen LogP contribution is 2.36. The number of ether oxygens (including phenoxy) is 1. The number of carbonyl (C=O) groups is 1. The molecule has 1 aliphatic rings. The molecule has 28 heavy (non-hydrogen) atoms. The van der Waals surface area contributed by atoms with Gasteiger partial charge in [-0.1, -0.05) is 12.1 Å². The number of benzene rings is 1. The van der Waals surface area contributed by atoms with Gasteiger partial charge in [-0.25, -0.2) is 4.98 Å². The van der Waals surface area contributed by atoms with Gasteiger partial charge in [0.2, 0.25) is 0 Å². The fourth-order valence-electron chi connectivity index (χ4n) is 3.75. The molecule has 1 saturated carbocycles. The van der Waals surface area contributed by atoms with Gasteiger partial charge in [0.1, 0.15) is 5.75 Å². The molecule has 2 heterocycles. The number of hydrogen-bond donors (Lipinski definition) is 0. The Labute approximate surface area is 165 Å². The van der Waals surface area contributed by atoms with Gasteiger partial charge >= 0.3 is 0 Å². The second kappa shape index (κ2) is 7.26. The first-order chi connectivity index (χ1) is 13.5. The van der Waals surface area contributed by atoms with E-state index in [-0.39, 0.29) is 11.9 Å². The van der Waals surface area contributed by atoms with Crippen LogP contribution in [0.5, 0.6) is 5.75 Å². The molecule has 146 valence electrons. The molecule has 2 aromatic heterocycles. The zero-order valence-electron chi connectivity index (χ0n) is 16.8. The van der Waals surface area contributed by atoms with Crippen molar-refractivity contribution in [3.8, 4) is 5.75 Å². The van der Waals surface area contributed by atoms with Gasteiger partial charge in [0.15, 0.2) is 5.65 Å². The van der Waals surface area contributed by atoms with Gasteiger partial charge in [-0.05, 0) is 56.4 Å². The van der Waals surface area contributed by atoms with Gasteiger partial charge in [0, 0.05) is 31.2 Å². The third kappa shape index (κ3) is 3.46. The highest BCUT2D eigenvalue weighted by atomic mass is 16.5. The molecular formula is C22H26N4O2. The molecule has 1 atom stereocenters. The first kappa shape index (κ1) is 18.5. The fraction of sp³-hybridized carbons (Fsp3) is 0.409. The zero-order chi connectivity index (χ0) is 19.8. The molecule has 0 spiro atoms. The SMILES string of the molecule is COc1ccc(CN(C(=O)c2cnc3c(c2)c(C)nn3C)C(C)C2CC2)cc1. The molecule has 0 bridgehead atoms. The lowest BCUT2D eigenvalue weighted by Crippen LogP contribution is -2.39. The van der Waals surface area contributed by atoms with Crippen molar-refractivity contribution in [3.63, 3.8) is 0 Å². The summed E-state index contributed by atoms with van der Waals surface area (Å²) in [5, 5.41) is 5.34. The largest absolute Gasteiger partial charge is 0.497 e. The Bertz CT molecular complexity index is 1010. The predicted octanol–water partition coefficient (Wildman–Crippen LogP) is 3.73. The van der Waals surface area contributed by atoms with E-state index in [0.717, 1.165) is 28.0 Å². The molecule has 6 nitrogen and oxygen atoms in total. The Morgan fingerprint density at radius 1 is 1.32 bits per heavy atom. The monoisotopic (exact) mass is 378 g/mol. The maximum Gasteiger partial charge on any atom is 0.255 e. The Hall–Kier alpha value is -2.89. The number of amides is 1. The van der Waals surface area contributed by atoms with Crippen LogP contribution in [0.15, 0.2) is 36.5 Å². The van der Waals surface area contributed by atoms with Crippen LogP contribution in [0.1, 0.15) is 41.4 Å². The number of aryl methyl sites for hydroxylation is 2. The molecule has 6 heteroatoms. The number of hydrogen-bond acceptors (Lipinski definition) is 4. The van der Waals surface area contributed by atoms with Crippen molar-refractivity contribution in [1.82, 2.24) is 19.7 Å². The highest BCUT2D eigenvalue weighted by molar-refractivity contribution is 5.97. The number of methoxy groups -OCH3 is 1. The van der Waals surface area contributed by atoms with Crippen molar-refractivity contribution in [2.75, 3.05) is 7.11 Å². The number of fused-ring (bicyclic) bond motifs is 1. The van der Waals surface area contributed by atoms with Gasteiger partial charge in [0.05, 0.1) is 18.4 Å². The Morgan fingerprint density at radius 3 is 2.68 bits per heavy atom. The fourth-order valence-corrected chi connectivity index (χ4v) is 3.75. The molecule has 4 rings (SSSR count). The van der Waals surface area contributed by atoms with Gasteiger partial charge in [-0.15, -0.1) is 0 Å². The molecule has 0 radical (unpaired) electrons. The molecule has 1 aromatic carbocycles. The highest BCUT2D eigenvalue weighted by Gasteiger charge is 2.35. The standard InChI is InChI=1S/C22H26N4O2/c1-14-20-11-18(12-23-21(20)25(3)24-14)22(27)26(15(2)17-7-8-17)13-16-5-9-19(28-4)10-6-16/h5-6,9-12,15,17H,7-8,13H2,1-4H3. The molecule has 1 fully saturated rings. The van der Waals surface area contributed by atoms with Crippen LogP contribution in [0.25, 0.3) is 11.0 Å². The van der Waals surface area contributed by atoms with Crippen LogP contribution in [-0.2, 0) is 13.6 Å². The van der Waals surface area contributed by atoms with Crippen molar-refractivity contribution in [2.24, 2.45) is 13.0 Å². The molecule has 0 aliphatic heterocycles. The van der Waals surface area contributed by atoms with Crippen LogP contribution < -0.4 is 4.74 Å². The van der Waals surface area contributed by atoms with Crippen molar-refractivity contribution in [1.29, 1.82) is 0 Å². The molecule has 0 N–H and O–H groups in total. The van der Waals surface area contributed by atoms with Crippen LogP contribution in [0.2, 0.25) is 0 Å². The summed E-state index contributed by atoms with van der Waals surface area (Å²) in [5.41, 5.74) is 3.39. The summed E-state index contributed by atoms with van der Waals surface area (Å²) in [7, 11) is 3.53. The molecule has 1 unspecified atom stereocenters. The molecule has 3 aromatic rings. The van der Waals surface area contributed by atoms with Crippen molar-refractivity contribution in [3.05, 3.63) is 53.3 Å². The normalized spacial score (nSPS) is 14.9. The quantitative estimate of drug-likeness (QED) is 0.656. The number of aromatic nitrogens is 3. The topological polar surface area (TPSA) is 60.2 Å². The number of carbonyl (C=O) groups excluding carboxylic acids is 1. The minimum Gasteiger partial charge on any atom is -0.497 e. The maximum absolute atomic E-state index is 13.4. The van der Waals surface area contributed by atoms with E-state index in [2.05, 4.69) is 17.0 Å². The van der Waals surface area contributed by atoms with E-state index in [9.17, 15) is 4.79 Å². The first-order valence-electron chi connectivity index (χ1n) is 9.71. The molecule has 1 aliphatic carbocycles. The summed E-state index contributed by atoms with van der Waals surface area (Å²) >= 11 is 0. The van der Waals surface area contributed by atoms with Crippen LogP contribution in [0.4, 0.5) is 0 Å². The summed E-state index contributed by atoms with van der Waals surface area (Å²) in [4.78, 5) is 19.9. The lowest BCUT2D eigenvalue weighted by Gasteiger charge is -2.30. The number of pyridine rings is 1. The Balaban J connectivity index is 1.65. The smallest absolute Gasteiger partial charge is 0.255 e. The van der Waals surface area contributed by atoms with E-state index in [1.54, 1.807) is 18.0 Å². The van der Waals surface area contributed by atoms with Crippen molar-refractivity contribution in [2.45, 2.75) is 39.3 Å². The van der Waals surface area contributed by atoms with E-state index < -0.39 is 0 Å². The summed E-state index contributed by atoms with van der Waals surface area (Å²) in [5.74, 6) is 1.42. The van der Waals surface area contributed by atoms with Gasteiger partial charge in [-0.3, -0.25) is 9.48 Å². The van der Waals surface area contributed by atoms with E-state index in [1.165, 1.54) is 12.8 Å². The van der Waals surface area contributed by atoms with E-state index in [0.29, 0.717) is 18.0 Å². The van der Waals surface area contributed by atoms with Gasteiger partial charge < -0.3 is 9.64 Å². The van der Waals surface area contributed by atoms with Gasteiger partial charge in [0.25, 0.3) is 5.91 Å². The Morgan fingerprint density at radius 2 is 2.04 bits per heavy atom. The van der Waals surface area contributed by atoms with Crippen molar-refractivity contribution >= 4 is 16.9 Å². The maximum atomic E-state index is 13.4. The Kier molecular flexibility index (Phi) is 4.79. The minimum atomic E-state index is 0.0212. The van der Waals surface area contributed by atoms with Crippen LogP contribution >= 0.6 is 0 Å². The van der Waals surface area contributed by atoms with Gasteiger partial charge in [-0.2, -0.15) is 5.10 Å². The lowest BCUT2D eigenvalue weighted by molar-refractivity contribution is 0.0654. The van der Waals surface area contributed by atoms with Crippen molar-refractivity contribution < 1.29 is 9.53 Å². The predicted molar refractivity (Wildman–Crippen MR) is 108 cm³/mol. The summed E-state index contributed by atoms with van der Waals surface area (Å²) in [6.07, 6.45) is 4.05. The van der Waals surface area contributed by atoms with Crippen LogP contribution in [-0.4, -0.2) is 38.7 Å². The second-order valence-electron chi connectivity index (χ2n) is 7.66. The first-order valence-corrected chi connectivity index (χ1v) is 9.71. The summed E-state index contributed by atoms with van der Waals surface area (Å²) < 4.78 is 6.99. The average Bonchev–Trinajstić information content (AvgIpc) is 3.52.